The molecule has 1 aliphatic heterocycles. The molecule has 0 N–H and O–H groups in total. The Labute approximate surface area is 99.3 Å². The number of nitrogens with zero attached hydrogens (tertiary/aromatic N) is 1. The molecule has 1 saturated carbocycles. The van der Waals surface area contributed by atoms with Gasteiger partial charge in [-0.2, -0.15) is 0 Å². The van der Waals surface area contributed by atoms with Crippen LogP contribution >= 0.6 is 15.9 Å². The summed E-state index contributed by atoms with van der Waals surface area (Å²) in [6.07, 6.45) is 5.49. The molecule has 1 unspecified atom stereocenters. The lowest BCUT2D eigenvalue weighted by atomic mass is 9.79. The van der Waals surface area contributed by atoms with Crippen LogP contribution in [-0.2, 0) is 9.53 Å². The number of halogens is 1. The number of rotatable bonds is 3. The van der Waals surface area contributed by atoms with Gasteiger partial charge in [0, 0.05) is 20.2 Å². The first-order valence-corrected chi connectivity index (χ1v) is 6.56. The molecule has 1 saturated heterocycles. The summed E-state index contributed by atoms with van der Waals surface area (Å²) in [5.74, 6) is 0.240. The van der Waals surface area contributed by atoms with E-state index in [0.717, 1.165) is 38.8 Å². The molecular weight excluding hydrogens is 258 g/mol. The van der Waals surface area contributed by atoms with Crippen molar-refractivity contribution in [1.82, 2.24) is 4.90 Å². The summed E-state index contributed by atoms with van der Waals surface area (Å²) in [5.41, 5.74) is -0.0281. The first-order chi connectivity index (χ1) is 7.17. The number of hydrogen-bond acceptors (Lipinski definition) is 2. The van der Waals surface area contributed by atoms with Crippen LogP contribution in [-0.4, -0.2) is 41.4 Å². The fourth-order valence-electron chi connectivity index (χ4n) is 2.40. The van der Waals surface area contributed by atoms with E-state index < -0.39 is 0 Å². The van der Waals surface area contributed by atoms with Crippen LogP contribution in [0.3, 0.4) is 0 Å². The first kappa shape index (κ1) is 11.4. The Kier molecular flexibility index (Phi) is 3.36. The molecule has 2 fully saturated rings. The van der Waals surface area contributed by atoms with Crippen molar-refractivity contribution in [3.8, 4) is 0 Å². The molecule has 1 amide bonds. The Balaban J connectivity index is 1.95. The number of ether oxygens (including phenoxy) is 1. The number of likely N-dealkylation sites (tertiary alicyclic amines) is 1. The molecule has 4 heteroatoms. The highest BCUT2D eigenvalue weighted by atomic mass is 79.9. The summed E-state index contributed by atoms with van der Waals surface area (Å²) in [4.78, 5) is 13.9. The van der Waals surface area contributed by atoms with Gasteiger partial charge in [0.05, 0.1) is 10.4 Å². The summed E-state index contributed by atoms with van der Waals surface area (Å²) in [7, 11) is 1.76. The molecule has 1 heterocycles. The molecule has 15 heavy (non-hydrogen) atoms. The van der Waals surface area contributed by atoms with E-state index in [9.17, 15) is 4.79 Å². The highest BCUT2D eigenvalue weighted by molar-refractivity contribution is 9.10. The molecular formula is C11H18BrNO2. The quantitative estimate of drug-likeness (QED) is 0.737. The van der Waals surface area contributed by atoms with Crippen molar-refractivity contribution in [1.29, 1.82) is 0 Å². The minimum absolute atomic E-state index is 0.0280. The Morgan fingerprint density at radius 1 is 1.53 bits per heavy atom. The molecule has 0 aromatic heterocycles. The van der Waals surface area contributed by atoms with Gasteiger partial charge in [-0.1, -0.05) is 15.9 Å². The lowest BCUT2D eigenvalue weighted by Gasteiger charge is -2.45. The van der Waals surface area contributed by atoms with Crippen LogP contribution in [0.5, 0.6) is 0 Å². The molecule has 0 spiro atoms. The van der Waals surface area contributed by atoms with Crippen molar-refractivity contribution >= 4 is 21.8 Å². The average molecular weight is 276 g/mol. The van der Waals surface area contributed by atoms with Gasteiger partial charge in [0.2, 0.25) is 5.91 Å². The van der Waals surface area contributed by atoms with E-state index in [1.807, 2.05) is 4.90 Å². The maximum atomic E-state index is 11.9. The highest BCUT2D eigenvalue weighted by Gasteiger charge is 2.41. The van der Waals surface area contributed by atoms with Crippen LogP contribution in [0.2, 0.25) is 0 Å². The van der Waals surface area contributed by atoms with Crippen LogP contribution in [0.25, 0.3) is 0 Å². The first-order valence-electron chi connectivity index (χ1n) is 5.65. The Morgan fingerprint density at radius 3 is 2.80 bits per heavy atom. The summed E-state index contributed by atoms with van der Waals surface area (Å²) < 4.78 is 5.55. The summed E-state index contributed by atoms with van der Waals surface area (Å²) in [6.45, 7) is 1.68. The summed E-state index contributed by atoms with van der Waals surface area (Å²) in [5, 5.41) is 0. The summed E-state index contributed by atoms with van der Waals surface area (Å²) >= 11 is 3.43. The van der Waals surface area contributed by atoms with Crippen molar-refractivity contribution in [3.05, 3.63) is 0 Å². The third-order valence-electron chi connectivity index (χ3n) is 3.64. The van der Waals surface area contributed by atoms with Crippen LogP contribution in [0.15, 0.2) is 0 Å². The normalized spacial score (nSPS) is 30.1. The van der Waals surface area contributed by atoms with Crippen LogP contribution in [0.4, 0.5) is 0 Å². The zero-order valence-electron chi connectivity index (χ0n) is 9.17. The minimum atomic E-state index is -0.0281. The minimum Gasteiger partial charge on any atom is -0.376 e. The maximum absolute atomic E-state index is 11.9. The molecule has 0 bridgehead atoms. The van der Waals surface area contributed by atoms with Crippen LogP contribution < -0.4 is 0 Å². The molecule has 0 aromatic rings. The van der Waals surface area contributed by atoms with E-state index in [2.05, 4.69) is 15.9 Å². The Bertz CT molecular complexity index is 247. The standard InChI is InChI=1S/C11H18BrNO2/c1-15-11(5-3-6-11)8-13-7-2-4-9(12)10(13)14/h9H,2-8H2,1H3. The third-order valence-corrected chi connectivity index (χ3v) is 4.49. The van der Waals surface area contributed by atoms with Gasteiger partial charge in [0.15, 0.2) is 0 Å². The molecule has 0 radical (unpaired) electrons. The molecule has 2 rings (SSSR count). The predicted octanol–water partition coefficient (Wildman–Crippen LogP) is 1.94. The van der Waals surface area contributed by atoms with Crippen molar-refractivity contribution in [2.45, 2.75) is 42.5 Å². The Morgan fingerprint density at radius 2 is 2.27 bits per heavy atom. The highest BCUT2D eigenvalue weighted by Crippen LogP contribution is 2.36. The zero-order chi connectivity index (χ0) is 10.9. The molecule has 86 valence electrons. The third kappa shape index (κ3) is 2.21. The van der Waals surface area contributed by atoms with Crippen LogP contribution in [0.1, 0.15) is 32.1 Å². The molecule has 1 atom stereocenters. The predicted molar refractivity (Wildman–Crippen MR) is 62.1 cm³/mol. The monoisotopic (exact) mass is 275 g/mol. The van der Waals surface area contributed by atoms with Gasteiger partial charge in [-0.25, -0.2) is 0 Å². The Hall–Kier alpha value is -0.0900. The molecule has 2 aliphatic rings. The van der Waals surface area contributed by atoms with Crippen molar-refractivity contribution < 1.29 is 9.53 Å². The SMILES string of the molecule is COC1(CN2CCCC(Br)C2=O)CCC1. The lowest BCUT2D eigenvalue weighted by Crippen LogP contribution is -2.54. The van der Waals surface area contributed by atoms with Gasteiger partial charge >= 0.3 is 0 Å². The van der Waals surface area contributed by atoms with E-state index >= 15 is 0 Å². The van der Waals surface area contributed by atoms with Crippen molar-refractivity contribution in [3.63, 3.8) is 0 Å². The molecule has 0 aromatic carbocycles. The van der Waals surface area contributed by atoms with E-state index in [4.69, 9.17) is 4.74 Å². The number of amides is 1. The number of methoxy groups -OCH3 is 1. The molecule has 1 aliphatic carbocycles. The van der Waals surface area contributed by atoms with E-state index in [1.54, 1.807) is 7.11 Å². The van der Waals surface area contributed by atoms with Gasteiger partial charge in [-0.3, -0.25) is 4.79 Å². The van der Waals surface area contributed by atoms with E-state index in [1.165, 1.54) is 6.42 Å². The van der Waals surface area contributed by atoms with Gasteiger partial charge in [0.1, 0.15) is 0 Å². The van der Waals surface area contributed by atoms with Crippen molar-refractivity contribution in [2.24, 2.45) is 0 Å². The van der Waals surface area contributed by atoms with E-state index in [-0.39, 0.29) is 16.3 Å². The van der Waals surface area contributed by atoms with E-state index in [0.29, 0.717) is 0 Å². The summed E-state index contributed by atoms with van der Waals surface area (Å²) in [6, 6.07) is 0. The van der Waals surface area contributed by atoms with Gasteiger partial charge in [0.25, 0.3) is 0 Å². The topological polar surface area (TPSA) is 29.5 Å². The van der Waals surface area contributed by atoms with Gasteiger partial charge in [-0.05, 0) is 32.1 Å². The fraction of sp³-hybridized carbons (Fsp3) is 0.909. The average Bonchev–Trinajstić information content (AvgIpc) is 2.18. The second kappa shape index (κ2) is 4.42. The van der Waals surface area contributed by atoms with Crippen LogP contribution in [0, 0.1) is 0 Å². The van der Waals surface area contributed by atoms with Gasteiger partial charge < -0.3 is 9.64 Å². The fourth-order valence-corrected chi connectivity index (χ4v) is 3.01. The van der Waals surface area contributed by atoms with Crippen molar-refractivity contribution in [2.75, 3.05) is 20.2 Å². The lowest BCUT2D eigenvalue weighted by molar-refractivity contribution is -0.142. The maximum Gasteiger partial charge on any atom is 0.236 e. The zero-order valence-corrected chi connectivity index (χ0v) is 10.8. The smallest absolute Gasteiger partial charge is 0.236 e. The van der Waals surface area contributed by atoms with Gasteiger partial charge in [-0.15, -0.1) is 0 Å². The number of hydrogen-bond donors (Lipinski definition) is 0. The second-order valence-electron chi connectivity index (χ2n) is 4.61. The second-order valence-corrected chi connectivity index (χ2v) is 5.72. The molecule has 3 nitrogen and oxygen atoms in total. The number of piperidine rings is 1. The largest absolute Gasteiger partial charge is 0.376 e. The number of carbonyl (C=O) groups is 1. The number of alkyl halides is 1. The number of carbonyl (C=O) groups excluding carboxylic acids is 1.